The number of piperidine rings is 1. The summed E-state index contributed by atoms with van der Waals surface area (Å²) in [5, 5.41) is 20.9. The molecule has 5 rings (SSSR count). The first-order chi connectivity index (χ1) is 20.7. The fraction of sp³-hybridized carbons (Fsp3) is 0.333. The summed E-state index contributed by atoms with van der Waals surface area (Å²) in [5.74, 6) is 1.15. The van der Waals surface area contributed by atoms with Crippen molar-refractivity contribution in [1.82, 2.24) is 30.0 Å². The van der Waals surface area contributed by atoms with Crippen molar-refractivity contribution in [3.8, 4) is 23.1 Å². The van der Waals surface area contributed by atoms with Crippen molar-refractivity contribution in [3.05, 3.63) is 67.4 Å². The van der Waals surface area contributed by atoms with Crippen molar-refractivity contribution in [2.45, 2.75) is 45.2 Å². The summed E-state index contributed by atoms with van der Waals surface area (Å²) in [7, 11) is 1.55. The lowest BCUT2D eigenvalue weighted by Gasteiger charge is -2.31. The number of rotatable bonds is 11. The number of methoxy groups -OCH3 is 1. The molecule has 0 bridgehead atoms. The van der Waals surface area contributed by atoms with Gasteiger partial charge in [0.15, 0.2) is 11.5 Å². The van der Waals surface area contributed by atoms with E-state index in [-0.39, 0.29) is 35.4 Å². The highest BCUT2D eigenvalue weighted by Crippen LogP contribution is 2.37. The second-order valence-corrected chi connectivity index (χ2v) is 10.3. The van der Waals surface area contributed by atoms with Gasteiger partial charge < -0.3 is 29.5 Å². The Morgan fingerprint density at radius 1 is 1.16 bits per heavy atom. The van der Waals surface area contributed by atoms with Crippen LogP contribution in [0.4, 0.5) is 15.9 Å². The molecule has 1 amide bonds. The quantitative estimate of drug-likeness (QED) is 0.169. The molecule has 3 heterocycles. The molecule has 1 unspecified atom stereocenters. The van der Waals surface area contributed by atoms with E-state index in [9.17, 15) is 9.90 Å². The van der Waals surface area contributed by atoms with Crippen LogP contribution in [0.15, 0.2) is 61.6 Å². The smallest absolute Gasteiger partial charge is 0.245 e. The lowest BCUT2D eigenvalue weighted by atomic mass is 10.1. The standard InChI is InChI=1S/C30H34FN7O5/c1-5-28(39)37-11-8-19(9-12-37)42-26-15-21-24(16-25(26)41-4)32-17-33-29(21)35-23-7-6-20(14-22(23)31)43-27-10-13-38(36-27)30(40)34-18(2)3/h5-7,10,13-19,30,34,40H,1,8-9,11-12H2,2-4H3,(H,32,33,35). The van der Waals surface area contributed by atoms with E-state index < -0.39 is 12.2 Å². The van der Waals surface area contributed by atoms with Crippen LogP contribution in [0, 0.1) is 5.82 Å². The number of halogens is 1. The number of nitrogens with one attached hydrogen (secondary N) is 2. The Balaban J connectivity index is 1.31. The first kappa shape index (κ1) is 29.7. The zero-order valence-corrected chi connectivity index (χ0v) is 24.2. The fourth-order valence-electron chi connectivity index (χ4n) is 4.71. The van der Waals surface area contributed by atoms with Gasteiger partial charge in [0.25, 0.3) is 0 Å². The maximum atomic E-state index is 15.2. The van der Waals surface area contributed by atoms with Gasteiger partial charge in [-0.1, -0.05) is 6.58 Å². The SMILES string of the molecule is C=CC(=O)N1CCC(Oc2cc3c(Nc4ccc(Oc5ccn(C(O)NC(C)C)n5)cc4F)ncnc3cc2OC)CC1. The van der Waals surface area contributed by atoms with E-state index >= 15 is 4.39 Å². The number of hydrogen-bond donors (Lipinski definition) is 3. The van der Waals surface area contributed by atoms with E-state index in [1.54, 1.807) is 42.5 Å². The normalized spacial score (nSPS) is 14.5. The van der Waals surface area contributed by atoms with Gasteiger partial charge in [0.1, 0.15) is 29.8 Å². The minimum atomic E-state index is -1.02. The van der Waals surface area contributed by atoms with Crippen LogP contribution in [0.2, 0.25) is 0 Å². The molecule has 1 saturated heterocycles. The lowest BCUT2D eigenvalue weighted by molar-refractivity contribution is -0.127. The first-order valence-electron chi connectivity index (χ1n) is 13.9. The molecule has 0 radical (unpaired) electrons. The van der Waals surface area contributed by atoms with Crippen LogP contribution in [-0.4, -0.2) is 68.0 Å². The maximum absolute atomic E-state index is 15.2. The van der Waals surface area contributed by atoms with Crippen LogP contribution in [0.25, 0.3) is 10.9 Å². The van der Waals surface area contributed by atoms with Crippen LogP contribution in [0.5, 0.6) is 23.1 Å². The predicted molar refractivity (Wildman–Crippen MR) is 158 cm³/mol. The van der Waals surface area contributed by atoms with Gasteiger partial charge in [0.05, 0.1) is 18.3 Å². The van der Waals surface area contributed by atoms with Crippen molar-refractivity contribution < 1.29 is 28.5 Å². The van der Waals surface area contributed by atoms with E-state index in [4.69, 9.17) is 14.2 Å². The maximum Gasteiger partial charge on any atom is 0.245 e. The number of carbonyl (C=O) groups excluding carboxylic acids is 1. The van der Waals surface area contributed by atoms with E-state index in [0.717, 1.165) is 0 Å². The van der Waals surface area contributed by atoms with Gasteiger partial charge in [-0.15, -0.1) is 5.10 Å². The molecular weight excluding hydrogens is 557 g/mol. The van der Waals surface area contributed by atoms with Gasteiger partial charge in [0, 0.05) is 61.8 Å². The summed E-state index contributed by atoms with van der Waals surface area (Å²) in [6, 6.07) is 9.49. The van der Waals surface area contributed by atoms with Gasteiger partial charge in [-0.2, -0.15) is 0 Å². The average molecular weight is 592 g/mol. The number of ether oxygens (including phenoxy) is 3. The van der Waals surface area contributed by atoms with Crippen LogP contribution in [0.3, 0.4) is 0 Å². The summed E-state index contributed by atoms with van der Waals surface area (Å²) in [5.41, 5.74) is 0.755. The first-order valence-corrected chi connectivity index (χ1v) is 13.9. The molecule has 2 aromatic carbocycles. The third-order valence-corrected chi connectivity index (χ3v) is 6.88. The molecule has 1 aliphatic heterocycles. The number of likely N-dealkylation sites (tertiary alicyclic amines) is 1. The third kappa shape index (κ3) is 7.01. The molecule has 3 N–H and O–H groups in total. The Bertz CT molecular complexity index is 1600. The minimum Gasteiger partial charge on any atom is -0.493 e. The third-order valence-electron chi connectivity index (χ3n) is 6.88. The number of aromatic nitrogens is 4. The molecule has 1 atom stereocenters. The highest BCUT2D eigenvalue weighted by molar-refractivity contribution is 5.93. The second kappa shape index (κ2) is 13.0. The molecule has 13 heteroatoms. The molecule has 12 nitrogen and oxygen atoms in total. The molecular formula is C30H34FN7O5. The molecule has 226 valence electrons. The summed E-state index contributed by atoms with van der Waals surface area (Å²) < 4.78 is 34.0. The van der Waals surface area contributed by atoms with Crippen LogP contribution in [0.1, 0.15) is 33.0 Å². The number of fused-ring (bicyclic) bond motifs is 1. The zero-order chi connectivity index (χ0) is 30.5. The Morgan fingerprint density at radius 3 is 2.65 bits per heavy atom. The largest absolute Gasteiger partial charge is 0.493 e. The highest BCUT2D eigenvalue weighted by Gasteiger charge is 2.24. The molecule has 0 aliphatic carbocycles. The number of nitrogens with zero attached hydrogens (tertiary/aromatic N) is 5. The topological polar surface area (TPSA) is 136 Å². The van der Waals surface area contributed by atoms with Crippen LogP contribution in [-0.2, 0) is 4.79 Å². The number of carbonyl (C=O) groups is 1. The van der Waals surface area contributed by atoms with Gasteiger partial charge in [-0.3, -0.25) is 10.1 Å². The summed E-state index contributed by atoms with van der Waals surface area (Å²) >= 11 is 0. The van der Waals surface area contributed by atoms with Gasteiger partial charge in [0.2, 0.25) is 18.1 Å². The molecule has 1 aliphatic rings. The molecule has 2 aromatic heterocycles. The zero-order valence-electron chi connectivity index (χ0n) is 24.2. The summed E-state index contributed by atoms with van der Waals surface area (Å²) in [6.07, 6.45) is 4.44. The number of anilines is 2. The van der Waals surface area contributed by atoms with Crippen molar-refractivity contribution >= 4 is 28.3 Å². The molecule has 43 heavy (non-hydrogen) atoms. The molecule has 0 saturated carbocycles. The average Bonchev–Trinajstić information content (AvgIpc) is 3.47. The van der Waals surface area contributed by atoms with E-state index in [1.807, 2.05) is 13.8 Å². The number of hydrogen-bond acceptors (Lipinski definition) is 10. The van der Waals surface area contributed by atoms with E-state index in [1.165, 1.54) is 29.2 Å². The van der Waals surface area contributed by atoms with Gasteiger partial charge >= 0.3 is 0 Å². The molecule has 4 aromatic rings. The monoisotopic (exact) mass is 591 g/mol. The lowest BCUT2D eigenvalue weighted by Crippen LogP contribution is -2.41. The van der Waals surface area contributed by atoms with Crippen molar-refractivity contribution in [2.24, 2.45) is 0 Å². The van der Waals surface area contributed by atoms with Crippen molar-refractivity contribution in [2.75, 3.05) is 25.5 Å². The summed E-state index contributed by atoms with van der Waals surface area (Å²) in [6.45, 7) is 8.49. The Labute approximate surface area is 248 Å². The number of amides is 1. The fourth-order valence-corrected chi connectivity index (χ4v) is 4.71. The number of aliphatic hydroxyl groups is 1. The second-order valence-electron chi connectivity index (χ2n) is 10.3. The van der Waals surface area contributed by atoms with E-state index in [0.29, 0.717) is 54.2 Å². The van der Waals surface area contributed by atoms with E-state index in [2.05, 4.69) is 32.3 Å². The number of aliphatic hydroxyl groups excluding tert-OH is 1. The van der Waals surface area contributed by atoms with Gasteiger partial charge in [-0.05, 0) is 38.1 Å². The Morgan fingerprint density at radius 2 is 1.95 bits per heavy atom. The Hall–Kier alpha value is -4.75. The predicted octanol–water partition coefficient (Wildman–Crippen LogP) is 4.51. The highest BCUT2D eigenvalue weighted by atomic mass is 19.1. The van der Waals surface area contributed by atoms with Crippen molar-refractivity contribution in [1.29, 1.82) is 0 Å². The summed E-state index contributed by atoms with van der Waals surface area (Å²) in [4.78, 5) is 22.4. The molecule has 0 spiro atoms. The van der Waals surface area contributed by atoms with Crippen LogP contribution < -0.4 is 24.8 Å². The Kier molecular flexibility index (Phi) is 9.02. The molecule has 1 fully saturated rings. The minimum absolute atomic E-state index is 0.0460. The van der Waals surface area contributed by atoms with Gasteiger partial charge in [-0.25, -0.2) is 19.0 Å². The van der Waals surface area contributed by atoms with Crippen LogP contribution >= 0.6 is 0 Å². The number of benzene rings is 2. The van der Waals surface area contributed by atoms with Crippen molar-refractivity contribution in [3.63, 3.8) is 0 Å².